The van der Waals surface area contributed by atoms with Crippen LogP contribution in [-0.4, -0.2) is 6.04 Å². The summed E-state index contributed by atoms with van der Waals surface area (Å²) >= 11 is 3.71. The van der Waals surface area contributed by atoms with Crippen LogP contribution in [0.2, 0.25) is 0 Å². The average molecular weight is 291 g/mol. The summed E-state index contributed by atoms with van der Waals surface area (Å²) in [5.74, 6) is 1.02. The first-order valence-electron chi connectivity index (χ1n) is 6.65. The zero-order valence-electron chi connectivity index (χ0n) is 11.5. The fourth-order valence-electron chi connectivity index (χ4n) is 2.11. The molecule has 1 nitrogen and oxygen atoms in total. The molecule has 0 aliphatic heterocycles. The summed E-state index contributed by atoms with van der Waals surface area (Å²) < 4.78 is 0. The van der Waals surface area contributed by atoms with E-state index in [1.807, 2.05) is 11.8 Å². The van der Waals surface area contributed by atoms with Crippen molar-refractivity contribution in [1.82, 2.24) is 0 Å². The Kier molecular flexibility index (Phi) is 5.49. The van der Waals surface area contributed by atoms with Gasteiger partial charge in [0.1, 0.15) is 0 Å². The van der Waals surface area contributed by atoms with Crippen LogP contribution in [0.5, 0.6) is 0 Å². The summed E-state index contributed by atoms with van der Waals surface area (Å²) in [5.41, 5.74) is 10.4. The third kappa shape index (κ3) is 4.10. The van der Waals surface area contributed by atoms with Crippen molar-refractivity contribution in [2.45, 2.75) is 37.3 Å². The van der Waals surface area contributed by atoms with Crippen molar-refractivity contribution in [3.05, 3.63) is 57.8 Å². The first kappa shape index (κ1) is 14.6. The van der Waals surface area contributed by atoms with E-state index in [2.05, 4.69) is 54.9 Å². The van der Waals surface area contributed by atoms with Crippen LogP contribution in [0, 0.1) is 6.92 Å². The second kappa shape index (κ2) is 7.13. The van der Waals surface area contributed by atoms with E-state index in [1.54, 1.807) is 11.3 Å². The number of hydrogen-bond donors (Lipinski definition) is 1. The Labute approximate surface area is 124 Å². The minimum atomic E-state index is 0.226. The van der Waals surface area contributed by atoms with Gasteiger partial charge in [-0.05, 0) is 41.3 Å². The lowest BCUT2D eigenvalue weighted by Crippen LogP contribution is -2.25. The standard InChI is InChI=1S/C16H21NS2/c1-3-15(17)16(14-7-8-18-11-14)19-10-13-6-4-5-12(2)9-13/h4-9,11,15-16H,3,10,17H2,1-2H3. The number of benzene rings is 1. The molecule has 0 aliphatic rings. The molecule has 3 heteroatoms. The summed E-state index contributed by atoms with van der Waals surface area (Å²) in [7, 11) is 0. The predicted molar refractivity (Wildman–Crippen MR) is 87.8 cm³/mol. The topological polar surface area (TPSA) is 26.0 Å². The molecule has 1 aromatic heterocycles. The smallest absolute Gasteiger partial charge is 0.0459 e. The lowest BCUT2D eigenvalue weighted by molar-refractivity contribution is 0.635. The maximum Gasteiger partial charge on any atom is 0.0459 e. The highest BCUT2D eigenvalue weighted by Gasteiger charge is 2.19. The SMILES string of the molecule is CCC(N)C(SCc1cccc(C)c1)c1ccsc1. The van der Waals surface area contributed by atoms with E-state index in [0.29, 0.717) is 5.25 Å². The van der Waals surface area contributed by atoms with Crippen LogP contribution >= 0.6 is 23.1 Å². The van der Waals surface area contributed by atoms with E-state index in [4.69, 9.17) is 5.73 Å². The van der Waals surface area contributed by atoms with Crippen molar-refractivity contribution >= 4 is 23.1 Å². The lowest BCUT2D eigenvalue weighted by Gasteiger charge is -2.22. The maximum atomic E-state index is 6.29. The van der Waals surface area contributed by atoms with E-state index >= 15 is 0 Å². The highest BCUT2D eigenvalue weighted by atomic mass is 32.2. The zero-order chi connectivity index (χ0) is 13.7. The normalized spacial score (nSPS) is 14.3. The Bertz CT molecular complexity index is 493. The zero-order valence-corrected chi connectivity index (χ0v) is 13.1. The maximum absolute atomic E-state index is 6.29. The van der Waals surface area contributed by atoms with Gasteiger partial charge in [0.25, 0.3) is 0 Å². The molecule has 0 radical (unpaired) electrons. The first-order valence-corrected chi connectivity index (χ1v) is 8.64. The molecular formula is C16H21NS2. The van der Waals surface area contributed by atoms with Gasteiger partial charge in [-0.3, -0.25) is 0 Å². The molecule has 2 unspecified atom stereocenters. The van der Waals surface area contributed by atoms with E-state index in [0.717, 1.165) is 12.2 Å². The highest BCUT2D eigenvalue weighted by molar-refractivity contribution is 7.98. The molecule has 0 fully saturated rings. The molecule has 0 amide bonds. The number of rotatable bonds is 6. The Morgan fingerprint density at radius 1 is 1.32 bits per heavy atom. The van der Waals surface area contributed by atoms with Crippen LogP contribution in [-0.2, 0) is 5.75 Å². The number of thiophene rings is 1. The van der Waals surface area contributed by atoms with Crippen molar-refractivity contribution in [1.29, 1.82) is 0 Å². The molecule has 2 aromatic rings. The number of nitrogens with two attached hydrogens (primary N) is 1. The van der Waals surface area contributed by atoms with Crippen LogP contribution < -0.4 is 5.73 Å². The van der Waals surface area contributed by atoms with Crippen molar-refractivity contribution in [3.8, 4) is 0 Å². The molecule has 102 valence electrons. The molecule has 2 N–H and O–H groups in total. The number of aryl methyl sites for hydroxylation is 1. The molecule has 2 rings (SSSR count). The molecule has 1 heterocycles. The molecule has 1 aromatic carbocycles. The van der Waals surface area contributed by atoms with Gasteiger partial charge in [-0.1, -0.05) is 36.8 Å². The van der Waals surface area contributed by atoms with E-state index in [9.17, 15) is 0 Å². The van der Waals surface area contributed by atoms with Crippen LogP contribution in [0.15, 0.2) is 41.1 Å². The van der Waals surface area contributed by atoms with Gasteiger partial charge < -0.3 is 5.73 Å². The predicted octanol–water partition coefficient (Wildman–Crippen LogP) is 4.77. The van der Waals surface area contributed by atoms with Gasteiger partial charge in [-0.2, -0.15) is 11.3 Å². The third-order valence-electron chi connectivity index (χ3n) is 3.24. The minimum absolute atomic E-state index is 0.226. The largest absolute Gasteiger partial charge is 0.326 e. The van der Waals surface area contributed by atoms with Gasteiger partial charge in [-0.25, -0.2) is 0 Å². The second-order valence-electron chi connectivity index (χ2n) is 4.85. The van der Waals surface area contributed by atoms with Crippen LogP contribution in [0.4, 0.5) is 0 Å². The number of thioether (sulfide) groups is 1. The Morgan fingerprint density at radius 2 is 2.16 bits per heavy atom. The second-order valence-corrected chi connectivity index (χ2v) is 6.76. The average Bonchev–Trinajstić information content (AvgIpc) is 2.92. The van der Waals surface area contributed by atoms with E-state index in [1.165, 1.54) is 16.7 Å². The lowest BCUT2D eigenvalue weighted by atomic mass is 10.1. The van der Waals surface area contributed by atoms with Crippen molar-refractivity contribution < 1.29 is 0 Å². The van der Waals surface area contributed by atoms with Crippen LogP contribution in [0.25, 0.3) is 0 Å². The summed E-state index contributed by atoms with van der Waals surface area (Å²) in [5, 5.41) is 4.76. The molecule has 2 atom stereocenters. The van der Waals surface area contributed by atoms with Gasteiger partial charge in [-0.15, -0.1) is 11.8 Å². The van der Waals surface area contributed by atoms with Gasteiger partial charge in [0, 0.05) is 17.0 Å². The quantitative estimate of drug-likeness (QED) is 0.829. The van der Waals surface area contributed by atoms with Crippen molar-refractivity contribution in [2.24, 2.45) is 5.73 Å². The molecule has 0 saturated heterocycles. The summed E-state index contributed by atoms with van der Waals surface area (Å²) in [6, 6.07) is 11.2. The van der Waals surface area contributed by atoms with Crippen molar-refractivity contribution in [3.63, 3.8) is 0 Å². The highest BCUT2D eigenvalue weighted by Crippen LogP contribution is 2.35. The molecule has 0 bridgehead atoms. The van der Waals surface area contributed by atoms with Crippen LogP contribution in [0.3, 0.4) is 0 Å². The van der Waals surface area contributed by atoms with E-state index < -0.39 is 0 Å². The Hall–Kier alpha value is -0.770. The summed E-state index contributed by atoms with van der Waals surface area (Å²) in [4.78, 5) is 0. The number of hydrogen-bond acceptors (Lipinski definition) is 3. The third-order valence-corrected chi connectivity index (χ3v) is 5.43. The van der Waals surface area contributed by atoms with Gasteiger partial charge >= 0.3 is 0 Å². The van der Waals surface area contributed by atoms with E-state index in [-0.39, 0.29) is 6.04 Å². The fraction of sp³-hybridized carbons (Fsp3) is 0.375. The van der Waals surface area contributed by atoms with Crippen LogP contribution in [0.1, 0.15) is 35.3 Å². The molecule has 0 spiro atoms. The first-order chi connectivity index (χ1) is 9.20. The summed E-state index contributed by atoms with van der Waals surface area (Å²) in [6.07, 6.45) is 1.02. The summed E-state index contributed by atoms with van der Waals surface area (Å²) in [6.45, 7) is 4.31. The van der Waals surface area contributed by atoms with Gasteiger partial charge in [0.15, 0.2) is 0 Å². The molecule has 0 aliphatic carbocycles. The Morgan fingerprint density at radius 3 is 2.79 bits per heavy atom. The van der Waals surface area contributed by atoms with Crippen molar-refractivity contribution in [2.75, 3.05) is 0 Å². The van der Waals surface area contributed by atoms with Gasteiger partial charge in [0.2, 0.25) is 0 Å². The fourth-order valence-corrected chi connectivity index (χ4v) is 4.22. The Balaban J connectivity index is 2.05. The minimum Gasteiger partial charge on any atom is -0.326 e. The molecule has 19 heavy (non-hydrogen) atoms. The molecular weight excluding hydrogens is 270 g/mol. The molecule has 0 saturated carbocycles. The monoisotopic (exact) mass is 291 g/mol. The van der Waals surface area contributed by atoms with Gasteiger partial charge in [0.05, 0.1) is 0 Å².